The highest BCUT2D eigenvalue weighted by atomic mass is 16.2. The van der Waals surface area contributed by atoms with Gasteiger partial charge in [0.15, 0.2) is 0 Å². The van der Waals surface area contributed by atoms with Crippen LogP contribution in [0.4, 0.5) is 5.69 Å². The Morgan fingerprint density at radius 2 is 2.21 bits per heavy atom. The van der Waals surface area contributed by atoms with Crippen molar-refractivity contribution in [1.82, 2.24) is 5.32 Å². The molecule has 0 bridgehead atoms. The molecule has 5 nitrogen and oxygen atoms in total. The molecule has 0 radical (unpaired) electrons. The Balaban J connectivity index is 2.74. The highest BCUT2D eigenvalue weighted by molar-refractivity contribution is 5.98. The van der Waals surface area contributed by atoms with Gasteiger partial charge < -0.3 is 16.4 Å². The molecule has 0 fully saturated rings. The van der Waals surface area contributed by atoms with Crippen LogP contribution in [-0.2, 0) is 4.79 Å². The Hall–Kier alpha value is -2.14. The zero-order valence-corrected chi connectivity index (χ0v) is 11.0. The van der Waals surface area contributed by atoms with Gasteiger partial charge in [0.2, 0.25) is 5.91 Å². The third-order valence-electron chi connectivity index (χ3n) is 2.49. The van der Waals surface area contributed by atoms with Crippen molar-refractivity contribution in [2.24, 2.45) is 5.73 Å². The number of amides is 2. The van der Waals surface area contributed by atoms with Gasteiger partial charge in [-0.3, -0.25) is 9.59 Å². The van der Waals surface area contributed by atoms with E-state index in [1.807, 2.05) is 6.92 Å². The van der Waals surface area contributed by atoms with Crippen LogP contribution in [0.1, 0.15) is 23.7 Å². The molecule has 0 spiro atoms. The second-order valence-corrected chi connectivity index (χ2v) is 4.06. The van der Waals surface area contributed by atoms with E-state index < -0.39 is 6.04 Å². The predicted octanol–water partition coefficient (Wildman–Crippen LogP) is 1.28. The summed E-state index contributed by atoms with van der Waals surface area (Å²) in [6.45, 7) is 5.94. The van der Waals surface area contributed by atoms with Crippen molar-refractivity contribution in [2.75, 3.05) is 11.9 Å². The SMILES string of the molecule is C=CCC(N)C(=O)Nc1cccc(C(=O)NCC)c1. The monoisotopic (exact) mass is 261 g/mol. The quantitative estimate of drug-likeness (QED) is 0.674. The van der Waals surface area contributed by atoms with Crippen LogP contribution in [0, 0.1) is 0 Å². The van der Waals surface area contributed by atoms with Gasteiger partial charge in [-0.25, -0.2) is 0 Å². The number of hydrogen-bond donors (Lipinski definition) is 3. The highest BCUT2D eigenvalue weighted by Crippen LogP contribution is 2.11. The lowest BCUT2D eigenvalue weighted by atomic mass is 10.1. The molecular weight excluding hydrogens is 242 g/mol. The molecule has 1 aromatic carbocycles. The minimum absolute atomic E-state index is 0.172. The third-order valence-corrected chi connectivity index (χ3v) is 2.49. The molecule has 0 aliphatic rings. The number of benzene rings is 1. The summed E-state index contributed by atoms with van der Waals surface area (Å²) in [5.41, 5.74) is 6.71. The first-order valence-electron chi connectivity index (χ1n) is 6.14. The van der Waals surface area contributed by atoms with Gasteiger partial charge in [0, 0.05) is 17.8 Å². The van der Waals surface area contributed by atoms with Gasteiger partial charge in [0.25, 0.3) is 5.91 Å². The number of nitrogens with two attached hydrogens (primary N) is 1. The number of carbonyl (C=O) groups is 2. The van der Waals surface area contributed by atoms with Gasteiger partial charge in [-0.2, -0.15) is 0 Å². The van der Waals surface area contributed by atoms with Crippen LogP contribution in [0.2, 0.25) is 0 Å². The summed E-state index contributed by atoms with van der Waals surface area (Å²) in [5, 5.41) is 5.37. The van der Waals surface area contributed by atoms with E-state index in [4.69, 9.17) is 5.73 Å². The molecule has 1 atom stereocenters. The van der Waals surface area contributed by atoms with E-state index >= 15 is 0 Å². The van der Waals surface area contributed by atoms with Crippen LogP contribution >= 0.6 is 0 Å². The molecule has 19 heavy (non-hydrogen) atoms. The van der Waals surface area contributed by atoms with E-state index in [0.29, 0.717) is 24.2 Å². The number of anilines is 1. The topological polar surface area (TPSA) is 84.2 Å². The van der Waals surface area contributed by atoms with Gasteiger partial charge in [0.1, 0.15) is 0 Å². The molecule has 2 amide bonds. The first-order chi connectivity index (χ1) is 9.08. The lowest BCUT2D eigenvalue weighted by Gasteiger charge is -2.11. The normalized spacial score (nSPS) is 11.5. The van der Waals surface area contributed by atoms with E-state index in [0.717, 1.165) is 0 Å². The van der Waals surface area contributed by atoms with Gasteiger partial charge in [-0.05, 0) is 31.5 Å². The standard InChI is InChI=1S/C14H19N3O2/c1-3-6-12(15)14(19)17-11-8-5-7-10(9-11)13(18)16-4-2/h3,5,7-9,12H,1,4,6,15H2,2H3,(H,16,18)(H,17,19). The average Bonchev–Trinajstić information content (AvgIpc) is 2.39. The zero-order valence-electron chi connectivity index (χ0n) is 11.0. The van der Waals surface area contributed by atoms with E-state index in [1.54, 1.807) is 30.3 Å². The van der Waals surface area contributed by atoms with Gasteiger partial charge in [-0.15, -0.1) is 6.58 Å². The average molecular weight is 261 g/mol. The van der Waals surface area contributed by atoms with E-state index in [1.165, 1.54) is 0 Å². The van der Waals surface area contributed by atoms with Crippen LogP contribution in [0.15, 0.2) is 36.9 Å². The predicted molar refractivity (Wildman–Crippen MR) is 75.9 cm³/mol. The minimum Gasteiger partial charge on any atom is -0.352 e. The summed E-state index contributed by atoms with van der Waals surface area (Å²) in [6, 6.07) is 6.08. The fourth-order valence-electron chi connectivity index (χ4n) is 1.52. The Labute approximate surface area is 112 Å². The zero-order chi connectivity index (χ0) is 14.3. The molecule has 1 rings (SSSR count). The second kappa shape index (κ2) is 7.33. The number of nitrogens with one attached hydrogen (secondary N) is 2. The number of carbonyl (C=O) groups excluding carboxylic acids is 2. The minimum atomic E-state index is -0.634. The van der Waals surface area contributed by atoms with E-state index in [2.05, 4.69) is 17.2 Å². The lowest BCUT2D eigenvalue weighted by Crippen LogP contribution is -2.35. The fraction of sp³-hybridized carbons (Fsp3) is 0.286. The maximum Gasteiger partial charge on any atom is 0.251 e. The molecule has 102 valence electrons. The third kappa shape index (κ3) is 4.56. The van der Waals surface area contributed by atoms with Crippen molar-refractivity contribution in [3.8, 4) is 0 Å². The maximum absolute atomic E-state index is 11.7. The number of hydrogen-bond acceptors (Lipinski definition) is 3. The molecule has 0 saturated heterocycles. The first-order valence-corrected chi connectivity index (χ1v) is 6.14. The first kappa shape index (κ1) is 14.9. The van der Waals surface area contributed by atoms with Crippen molar-refractivity contribution < 1.29 is 9.59 Å². The van der Waals surface area contributed by atoms with Crippen molar-refractivity contribution >= 4 is 17.5 Å². The Morgan fingerprint density at radius 3 is 2.84 bits per heavy atom. The molecule has 0 aliphatic heterocycles. The van der Waals surface area contributed by atoms with Crippen molar-refractivity contribution in [2.45, 2.75) is 19.4 Å². The Bertz CT molecular complexity index is 472. The molecule has 1 unspecified atom stereocenters. The van der Waals surface area contributed by atoms with Crippen LogP contribution in [0.25, 0.3) is 0 Å². The molecular formula is C14H19N3O2. The van der Waals surface area contributed by atoms with E-state index in [-0.39, 0.29) is 11.8 Å². The van der Waals surface area contributed by atoms with Crippen LogP contribution in [0.5, 0.6) is 0 Å². The summed E-state index contributed by atoms with van der Waals surface area (Å²) in [5.74, 6) is -0.470. The van der Waals surface area contributed by atoms with Crippen molar-refractivity contribution in [1.29, 1.82) is 0 Å². The Kier molecular flexibility index (Phi) is 5.75. The molecule has 0 saturated carbocycles. The van der Waals surface area contributed by atoms with Crippen LogP contribution in [-0.4, -0.2) is 24.4 Å². The molecule has 0 aromatic heterocycles. The number of rotatable bonds is 6. The summed E-state index contributed by atoms with van der Waals surface area (Å²) in [6.07, 6.45) is 2.00. The maximum atomic E-state index is 11.7. The highest BCUT2D eigenvalue weighted by Gasteiger charge is 2.12. The van der Waals surface area contributed by atoms with Gasteiger partial charge in [0.05, 0.1) is 6.04 Å². The van der Waals surface area contributed by atoms with Gasteiger partial charge in [-0.1, -0.05) is 12.1 Å². The summed E-state index contributed by atoms with van der Waals surface area (Å²) in [4.78, 5) is 23.4. The molecule has 0 aliphatic carbocycles. The molecule has 0 heterocycles. The van der Waals surface area contributed by atoms with Crippen LogP contribution in [0.3, 0.4) is 0 Å². The molecule has 5 heteroatoms. The Morgan fingerprint density at radius 1 is 1.47 bits per heavy atom. The molecule has 1 aromatic rings. The second-order valence-electron chi connectivity index (χ2n) is 4.06. The molecule has 4 N–H and O–H groups in total. The van der Waals surface area contributed by atoms with E-state index in [9.17, 15) is 9.59 Å². The van der Waals surface area contributed by atoms with Crippen molar-refractivity contribution in [3.05, 3.63) is 42.5 Å². The van der Waals surface area contributed by atoms with Crippen LogP contribution < -0.4 is 16.4 Å². The largest absolute Gasteiger partial charge is 0.352 e. The van der Waals surface area contributed by atoms with Gasteiger partial charge >= 0.3 is 0 Å². The summed E-state index contributed by atoms with van der Waals surface area (Å²) < 4.78 is 0. The van der Waals surface area contributed by atoms with Crippen molar-refractivity contribution in [3.63, 3.8) is 0 Å². The lowest BCUT2D eigenvalue weighted by molar-refractivity contribution is -0.117. The fourth-order valence-corrected chi connectivity index (χ4v) is 1.52. The summed E-state index contributed by atoms with van der Waals surface area (Å²) in [7, 11) is 0. The smallest absolute Gasteiger partial charge is 0.251 e. The summed E-state index contributed by atoms with van der Waals surface area (Å²) >= 11 is 0.